The molecule has 0 radical (unpaired) electrons. The molecular formula is C17H30N2O4. The van der Waals surface area contributed by atoms with Crippen molar-refractivity contribution in [2.75, 3.05) is 14.2 Å². The molecule has 1 N–H and O–H groups in total. The van der Waals surface area contributed by atoms with Crippen molar-refractivity contribution in [1.29, 1.82) is 0 Å². The molecule has 2 atom stereocenters. The molecule has 0 spiro atoms. The number of allylic oxidation sites excluding steroid dienone is 1. The number of ether oxygens (including phenoxy) is 2. The number of hydrogen-bond donors (Lipinski definition) is 1. The minimum atomic E-state index is -0.503. The second-order valence-electron chi connectivity index (χ2n) is 6.20. The normalized spacial score (nSPS) is 14.4. The Morgan fingerprint density at radius 2 is 1.57 bits per heavy atom. The molecule has 0 aromatic heterocycles. The molecule has 0 aliphatic rings. The molecule has 0 aromatic rings. The van der Waals surface area contributed by atoms with Crippen LogP contribution in [0.1, 0.15) is 40.5 Å². The number of aliphatic imine (C=N–C) groups is 1. The van der Waals surface area contributed by atoms with Crippen LogP contribution >= 0.6 is 0 Å². The number of nitrogens with one attached hydrogen (secondary N) is 1. The molecule has 0 amide bonds. The molecule has 132 valence electrons. The molecule has 6 heteroatoms. The van der Waals surface area contributed by atoms with Gasteiger partial charge < -0.3 is 14.8 Å². The zero-order valence-corrected chi connectivity index (χ0v) is 15.0. The van der Waals surface area contributed by atoms with E-state index in [2.05, 4.69) is 10.3 Å². The first-order valence-corrected chi connectivity index (χ1v) is 7.91. The van der Waals surface area contributed by atoms with Gasteiger partial charge >= 0.3 is 11.9 Å². The number of methoxy groups -OCH3 is 2. The Labute approximate surface area is 139 Å². The predicted molar refractivity (Wildman–Crippen MR) is 91.3 cm³/mol. The molecule has 0 aromatic carbocycles. The first-order valence-electron chi connectivity index (χ1n) is 7.91. The van der Waals surface area contributed by atoms with Gasteiger partial charge in [-0.3, -0.25) is 4.99 Å². The molecule has 0 rings (SSSR count). The lowest BCUT2D eigenvalue weighted by Crippen LogP contribution is -2.35. The zero-order valence-electron chi connectivity index (χ0n) is 15.0. The number of esters is 2. The lowest BCUT2D eigenvalue weighted by molar-refractivity contribution is -0.143. The SMILES string of the molecule is COC(=O)[C@H](CC(C)C)N=C/C=C\N[C@@H](CC(C)C)C(=O)OC. The van der Waals surface area contributed by atoms with E-state index in [1.54, 1.807) is 18.5 Å². The van der Waals surface area contributed by atoms with E-state index in [0.717, 1.165) is 0 Å². The lowest BCUT2D eigenvalue weighted by atomic mass is 10.0. The lowest BCUT2D eigenvalue weighted by Gasteiger charge is -2.16. The van der Waals surface area contributed by atoms with Crippen LogP contribution in [0.2, 0.25) is 0 Å². The van der Waals surface area contributed by atoms with Crippen molar-refractivity contribution in [3.8, 4) is 0 Å². The summed E-state index contributed by atoms with van der Waals surface area (Å²) in [5.41, 5.74) is 0. The summed E-state index contributed by atoms with van der Waals surface area (Å²) < 4.78 is 9.51. The van der Waals surface area contributed by atoms with Crippen LogP contribution in [0.15, 0.2) is 17.3 Å². The fourth-order valence-corrected chi connectivity index (χ4v) is 2.01. The molecule has 0 aliphatic heterocycles. The van der Waals surface area contributed by atoms with Gasteiger partial charge in [0.05, 0.1) is 14.2 Å². The van der Waals surface area contributed by atoms with E-state index in [1.165, 1.54) is 14.2 Å². The summed E-state index contributed by atoms with van der Waals surface area (Å²) in [5.74, 6) is 0.0626. The van der Waals surface area contributed by atoms with Crippen molar-refractivity contribution in [3.63, 3.8) is 0 Å². The largest absolute Gasteiger partial charge is 0.467 e. The Kier molecular flexibility index (Phi) is 10.7. The van der Waals surface area contributed by atoms with Crippen LogP contribution in [0, 0.1) is 11.8 Å². The summed E-state index contributed by atoms with van der Waals surface area (Å²) in [6.07, 6.45) is 6.14. The highest BCUT2D eigenvalue weighted by molar-refractivity contribution is 5.80. The molecule has 0 saturated heterocycles. The van der Waals surface area contributed by atoms with Gasteiger partial charge in [0.25, 0.3) is 0 Å². The quantitative estimate of drug-likeness (QED) is 0.492. The Morgan fingerprint density at radius 3 is 2.04 bits per heavy atom. The van der Waals surface area contributed by atoms with Crippen LogP contribution in [0.3, 0.4) is 0 Å². The Bertz CT molecular complexity index is 417. The molecular weight excluding hydrogens is 296 g/mol. The van der Waals surface area contributed by atoms with Gasteiger partial charge in [-0.05, 0) is 37.0 Å². The summed E-state index contributed by atoms with van der Waals surface area (Å²) in [4.78, 5) is 27.5. The third-order valence-electron chi connectivity index (χ3n) is 3.11. The van der Waals surface area contributed by atoms with Crippen LogP contribution in [-0.2, 0) is 19.1 Å². The maximum Gasteiger partial charge on any atom is 0.330 e. The molecule has 0 saturated carbocycles. The second-order valence-corrected chi connectivity index (χ2v) is 6.20. The van der Waals surface area contributed by atoms with Crippen LogP contribution in [0.25, 0.3) is 0 Å². The fraction of sp³-hybridized carbons (Fsp3) is 0.706. The monoisotopic (exact) mass is 326 g/mol. The van der Waals surface area contributed by atoms with Gasteiger partial charge in [-0.1, -0.05) is 27.7 Å². The highest BCUT2D eigenvalue weighted by Crippen LogP contribution is 2.09. The number of hydrogen-bond acceptors (Lipinski definition) is 6. The Balaban J connectivity index is 4.61. The first-order chi connectivity index (χ1) is 10.8. The van der Waals surface area contributed by atoms with Gasteiger partial charge in [0.1, 0.15) is 12.1 Å². The minimum absolute atomic E-state index is 0.299. The van der Waals surface area contributed by atoms with Gasteiger partial charge in [-0.2, -0.15) is 0 Å². The fourth-order valence-electron chi connectivity index (χ4n) is 2.01. The summed E-state index contributed by atoms with van der Waals surface area (Å²) in [7, 11) is 2.73. The minimum Gasteiger partial charge on any atom is -0.467 e. The van der Waals surface area contributed by atoms with Gasteiger partial charge in [0.15, 0.2) is 0 Å². The number of carbonyl (C=O) groups excluding carboxylic acids is 2. The van der Waals surface area contributed by atoms with Crippen molar-refractivity contribution in [3.05, 3.63) is 12.3 Å². The van der Waals surface area contributed by atoms with Crippen LogP contribution in [0.4, 0.5) is 0 Å². The molecule has 0 heterocycles. The smallest absolute Gasteiger partial charge is 0.330 e. The topological polar surface area (TPSA) is 77.0 Å². The second kappa shape index (κ2) is 11.7. The number of nitrogens with zero attached hydrogens (tertiary/aromatic N) is 1. The summed E-state index contributed by atoms with van der Waals surface area (Å²) in [6.45, 7) is 8.12. The standard InChI is InChI=1S/C17H30N2O4/c1-12(2)10-14(16(20)22-5)18-8-7-9-19-15(11-13(3)4)17(21)23-6/h7-9,12-15,18H,10-11H2,1-6H3/b8-7-,19-9?/t14-,15-/m0/s1. The van der Waals surface area contributed by atoms with Crippen LogP contribution < -0.4 is 5.32 Å². The summed E-state index contributed by atoms with van der Waals surface area (Å²) in [6, 6.07) is -0.895. The maximum atomic E-state index is 11.7. The van der Waals surface area contributed by atoms with Crippen LogP contribution in [0.5, 0.6) is 0 Å². The van der Waals surface area contributed by atoms with Crippen LogP contribution in [-0.4, -0.2) is 44.5 Å². The van der Waals surface area contributed by atoms with E-state index in [4.69, 9.17) is 9.47 Å². The molecule has 6 nitrogen and oxygen atoms in total. The number of rotatable bonds is 10. The summed E-state index contributed by atoms with van der Waals surface area (Å²) in [5, 5.41) is 3.00. The highest BCUT2D eigenvalue weighted by atomic mass is 16.5. The van der Waals surface area contributed by atoms with Crippen molar-refractivity contribution in [2.24, 2.45) is 16.8 Å². The van der Waals surface area contributed by atoms with Gasteiger partial charge in [0, 0.05) is 6.21 Å². The third kappa shape index (κ3) is 9.71. The third-order valence-corrected chi connectivity index (χ3v) is 3.11. The Morgan fingerprint density at radius 1 is 1.00 bits per heavy atom. The summed E-state index contributed by atoms with van der Waals surface area (Å²) >= 11 is 0. The molecule has 0 unspecified atom stereocenters. The maximum absolute atomic E-state index is 11.7. The first kappa shape index (κ1) is 21.1. The van der Waals surface area contributed by atoms with E-state index in [-0.39, 0.29) is 11.9 Å². The molecule has 0 fully saturated rings. The molecule has 0 bridgehead atoms. The predicted octanol–water partition coefficient (Wildman–Crippen LogP) is 2.34. The highest BCUT2D eigenvalue weighted by Gasteiger charge is 2.19. The van der Waals surface area contributed by atoms with Gasteiger partial charge in [-0.25, -0.2) is 9.59 Å². The van der Waals surface area contributed by atoms with E-state index in [1.807, 2.05) is 27.7 Å². The van der Waals surface area contributed by atoms with E-state index in [9.17, 15) is 9.59 Å². The molecule has 0 aliphatic carbocycles. The van der Waals surface area contributed by atoms with Crippen molar-refractivity contribution in [1.82, 2.24) is 5.32 Å². The van der Waals surface area contributed by atoms with E-state index < -0.39 is 12.1 Å². The van der Waals surface area contributed by atoms with Crippen molar-refractivity contribution >= 4 is 18.2 Å². The van der Waals surface area contributed by atoms with E-state index >= 15 is 0 Å². The average molecular weight is 326 g/mol. The average Bonchev–Trinajstić information content (AvgIpc) is 2.49. The van der Waals surface area contributed by atoms with Crippen molar-refractivity contribution in [2.45, 2.75) is 52.6 Å². The van der Waals surface area contributed by atoms with E-state index in [0.29, 0.717) is 24.7 Å². The number of carbonyl (C=O) groups is 2. The van der Waals surface area contributed by atoms with Gasteiger partial charge in [-0.15, -0.1) is 0 Å². The van der Waals surface area contributed by atoms with Gasteiger partial charge in [0.2, 0.25) is 0 Å². The zero-order chi connectivity index (χ0) is 17.8. The molecule has 23 heavy (non-hydrogen) atoms. The van der Waals surface area contributed by atoms with Crippen molar-refractivity contribution < 1.29 is 19.1 Å². The Hall–Kier alpha value is -1.85.